The van der Waals surface area contributed by atoms with Gasteiger partial charge in [-0.05, 0) is 64.5 Å². The van der Waals surface area contributed by atoms with Crippen molar-refractivity contribution < 1.29 is 24.2 Å². The van der Waals surface area contributed by atoms with Crippen molar-refractivity contribution in [2.75, 3.05) is 32.8 Å². The van der Waals surface area contributed by atoms with E-state index in [9.17, 15) is 14.7 Å². The predicted octanol–water partition coefficient (Wildman–Crippen LogP) is 10.7. The first-order chi connectivity index (χ1) is 22.1. The van der Waals surface area contributed by atoms with Crippen LogP contribution in [0.4, 0.5) is 0 Å². The molecule has 0 unspecified atom stereocenters. The van der Waals surface area contributed by atoms with Crippen LogP contribution in [0.15, 0.2) is 0 Å². The second-order valence-corrected chi connectivity index (χ2v) is 13.4. The molecule has 1 N–H and O–H groups in total. The molecule has 6 nitrogen and oxygen atoms in total. The molecule has 0 saturated heterocycles. The van der Waals surface area contributed by atoms with Crippen LogP contribution in [0, 0.1) is 0 Å². The number of aliphatic hydroxyl groups excluding tert-OH is 1. The van der Waals surface area contributed by atoms with E-state index in [-0.39, 0.29) is 24.6 Å². The summed E-state index contributed by atoms with van der Waals surface area (Å²) in [7, 11) is 0. The van der Waals surface area contributed by atoms with Crippen molar-refractivity contribution in [1.82, 2.24) is 4.90 Å². The zero-order chi connectivity index (χ0) is 33.1. The summed E-state index contributed by atoms with van der Waals surface area (Å²) in [6.45, 7) is 9.84. The van der Waals surface area contributed by atoms with Gasteiger partial charge in [0.25, 0.3) is 0 Å². The van der Waals surface area contributed by atoms with Crippen molar-refractivity contribution in [3.63, 3.8) is 0 Å². The lowest BCUT2D eigenvalue weighted by molar-refractivity contribution is -0.150. The summed E-state index contributed by atoms with van der Waals surface area (Å²) in [5, 5.41) is 9.54. The molecule has 0 saturated carbocycles. The largest absolute Gasteiger partial charge is 0.466 e. The predicted molar refractivity (Wildman–Crippen MR) is 191 cm³/mol. The number of hydrogen-bond acceptors (Lipinski definition) is 6. The number of carbonyl (C=O) groups is 2. The summed E-state index contributed by atoms with van der Waals surface area (Å²) >= 11 is 0. The lowest BCUT2D eigenvalue weighted by atomic mass is 10.0. The van der Waals surface area contributed by atoms with E-state index in [2.05, 4.69) is 25.7 Å². The molecule has 0 aliphatic heterocycles. The van der Waals surface area contributed by atoms with Gasteiger partial charge >= 0.3 is 11.9 Å². The van der Waals surface area contributed by atoms with Crippen LogP contribution in [0.5, 0.6) is 0 Å². The first-order valence-corrected chi connectivity index (χ1v) is 19.8. The Hall–Kier alpha value is -1.14. The van der Waals surface area contributed by atoms with Crippen molar-refractivity contribution in [1.29, 1.82) is 0 Å². The molecule has 0 aromatic carbocycles. The van der Waals surface area contributed by atoms with E-state index >= 15 is 0 Å². The fraction of sp³-hybridized carbons (Fsp3) is 0.949. The summed E-state index contributed by atoms with van der Waals surface area (Å²) in [6.07, 6.45) is 31.7. The summed E-state index contributed by atoms with van der Waals surface area (Å²) in [6, 6.07) is 0. The van der Waals surface area contributed by atoms with E-state index in [1.807, 2.05) is 0 Å². The van der Waals surface area contributed by atoms with Crippen LogP contribution in [-0.4, -0.2) is 60.9 Å². The van der Waals surface area contributed by atoms with Gasteiger partial charge in [-0.1, -0.05) is 136 Å². The number of nitrogens with zero attached hydrogens (tertiary/aromatic N) is 1. The van der Waals surface area contributed by atoms with Crippen LogP contribution in [-0.2, 0) is 19.1 Å². The lowest BCUT2D eigenvalue weighted by Gasteiger charge is -2.22. The van der Waals surface area contributed by atoms with Gasteiger partial charge < -0.3 is 19.5 Å². The first-order valence-electron chi connectivity index (χ1n) is 19.8. The highest BCUT2D eigenvalue weighted by molar-refractivity contribution is 5.69. The third kappa shape index (κ3) is 32.6. The quantitative estimate of drug-likeness (QED) is 0.0543. The number of unbranched alkanes of at least 4 members (excludes halogenated alkanes) is 19. The van der Waals surface area contributed by atoms with Crippen molar-refractivity contribution in [3.05, 3.63) is 0 Å². The van der Waals surface area contributed by atoms with Gasteiger partial charge in [-0.3, -0.25) is 9.59 Å². The van der Waals surface area contributed by atoms with Crippen molar-refractivity contribution in [3.8, 4) is 0 Å². The zero-order valence-electron chi connectivity index (χ0n) is 30.4. The van der Waals surface area contributed by atoms with Crippen molar-refractivity contribution in [2.45, 2.75) is 207 Å². The van der Waals surface area contributed by atoms with E-state index in [1.54, 1.807) is 0 Å². The van der Waals surface area contributed by atoms with Gasteiger partial charge in [0, 0.05) is 19.4 Å². The zero-order valence-corrected chi connectivity index (χ0v) is 30.4. The third-order valence-electron chi connectivity index (χ3n) is 8.95. The number of esters is 2. The summed E-state index contributed by atoms with van der Waals surface area (Å²) in [5.41, 5.74) is 0. The van der Waals surface area contributed by atoms with Gasteiger partial charge in [0.15, 0.2) is 0 Å². The maximum atomic E-state index is 12.8. The normalized spacial score (nSPS) is 11.5. The van der Waals surface area contributed by atoms with Crippen LogP contribution in [0.25, 0.3) is 0 Å². The minimum atomic E-state index is -0.0496. The summed E-state index contributed by atoms with van der Waals surface area (Å²) < 4.78 is 11.3. The summed E-state index contributed by atoms with van der Waals surface area (Å²) in [4.78, 5) is 26.8. The number of carbonyl (C=O) groups excluding carboxylic acids is 2. The Morgan fingerprint density at radius 3 is 1.51 bits per heavy atom. The van der Waals surface area contributed by atoms with Gasteiger partial charge in [0.2, 0.25) is 0 Å². The van der Waals surface area contributed by atoms with Gasteiger partial charge in [0.1, 0.15) is 6.10 Å². The highest BCUT2D eigenvalue weighted by Crippen LogP contribution is 2.18. The molecule has 0 rings (SSSR count). The number of aliphatic hydroxyl groups is 1. The van der Waals surface area contributed by atoms with Crippen LogP contribution in [0.3, 0.4) is 0 Å². The van der Waals surface area contributed by atoms with Crippen LogP contribution >= 0.6 is 0 Å². The van der Waals surface area contributed by atoms with Crippen molar-refractivity contribution in [2.24, 2.45) is 0 Å². The van der Waals surface area contributed by atoms with E-state index in [4.69, 9.17) is 9.47 Å². The van der Waals surface area contributed by atoms with Gasteiger partial charge in [-0.15, -0.1) is 0 Å². The van der Waals surface area contributed by atoms with E-state index in [1.165, 1.54) is 83.5 Å². The molecule has 0 aromatic heterocycles. The second-order valence-electron chi connectivity index (χ2n) is 13.4. The molecular weight excluding hydrogens is 562 g/mol. The Balaban J connectivity index is 4.20. The van der Waals surface area contributed by atoms with Gasteiger partial charge in [-0.2, -0.15) is 0 Å². The minimum absolute atomic E-state index is 0.0420. The van der Waals surface area contributed by atoms with E-state index in [0.29, 0.717) is 26.0 Å². The maximum Gasteiger partial charge on any atom is 0.306 e. The lowest BCUT2D eigenvalue weighted by Crippen LogP contribution is -2.29. The fourth-order valence-electron chi connectivity index (χ4n) is 6.01. The Kier molecular flexibility index (Phi) is 34.8. The minimum Gasteiger partial charge on any atom is -0.466 e. The standard InChI is InChI=1S/C39H77NO5/c1-4-7-10-12-14-18-22-28-37(29-23-19-15-13-11-8-5-2)45-39(43)31-27-33-40(34-35-41)32-25-21-17-16-20-24-30-38(42)44-36-26-9-6-3/h37,41H,4-36H2,1-3H3. The van der Waals surface area contributed by atoms with Gasteiger partial charge in [0.05, 0.1) is 13.2 Å². The molecule has 268 valence electrons. The number of hydrogen-bond donors (Lipinski definition) is 1. The SMILES string of the molecule is CCCCCCCCCC(CCCCCCCCC)OC(=O)CCCN(CCO)CCCCCCCCC(=O)OCCCCC. The molecular formula is C39H77NO5. The first kappa shape index (κ1) is 43.9. The Morgan fingerprint density at radius 2 is 0.956 bits per heavy atom. The topological polar surface area (TPSA) is 76.1 Å². The molecule has 0 heterocycles. The Labute approximate surface area is 280 Å². The van der Waals surface area contributed by atoms with Crippen LogP contribution in [0.2, 0.25) is 0 Å². The highest BCUT2D eigenvalue weighted by atomic mass is 16.5. The number of rotatable bonds is 36. The van der Waals surface area contributed by atoms with E-state index in [0.717, 1.165) is 96.6 Å². The molecule has 0 atom stereocenters. The fourth-order valence-corrected chi connectivity index (χ4v) is 6.01. The Bertz CT molecular complexity index is 611. The molecule has 0 spiro atoms. The van der Waals surface area contributed by atoms with Crippen molar-refractivity contribution >= 4 is 11.9 Å². The van der Waals surface area contributed by atoms with Crippen LogP contribution < -0.4 is 0 Å². The monoisotopic (exact) mass is 640 g/mol. The third-order valence-corrected chi connectivity index (χ3v) is 8.95. The average Bonchev–Trinajstić information content (AvgIpc) is 3.03. The molecule has 0 radical (unpaired) electrons. The molecule has 0 aliphatic rings. The Morgan fingerprint density at radius 1 is 0.511 bits per heavy atom. The smallest absolute Gasteiger partial charge is 0.306 e. The highest BCUT2D eigenvalue weighted by Gasteiger charge is 2.15. The van der Waals surface area contributed by atoms with Gasteiger partial charge in [-0.25, -0.2) is 0 Å². The molecule has 0 aliphatic carbocycles. The molecule has 45 heavy (non-hydrogen) atoms. The molecule has 0 bridgehead atoms. The molecule has 0 fully saturated rings. The second kappa shape index (κ2) is 35.7. The molecule has 0 amide bonds. The average molecular weight is 640 g/mol. The van der Waals surface area contributed by atoms with Crippen LogP contribution in [0.1, 0.15) is 201 Å². The molecule has 0 aromatic rings. The van der Waals surface area contributed by atoms with E-state index < -0.39 is 0 Å². The number of ether oxygens (including phenoxy) is 2. The maximum absolute atomic E-state index is 12.8. The molecule has 6 heteroatoms. The summed E-state index contributed by atoms with van der Waals surface area (Å²) in [5.74, 6) is -0.0915.